The van der Waals surface area contributed by atoms with E-state index in [0.29, 0.717) is 0 Å². The summed E-state index contributed by atoms with van der Waals surface area (Å²) in [5.74, 6) is 0.934. The average Bonchev–Trinajstić information content (AvgIpc) is 2.95. The topological polar surface area (TPSA) is 71.8 Å². The predicted octanol–water partition coefficient (Wildman–Crippen LogP) is 5.54. The molecule has 0 aliphatic carbocycles. The third kappa shape index (κ3) is 5.66. The lowest BCUT2D eigenvalue weighted by Gasteiger charge is -2.01. The minimum absolute atomic E-state index is 0.107. The number of aromatic amines is 1. The molecule has 0 fully saturated rings. The van der Waals surface area contributed by atoms with Gasteiger partial charge in [0.15, 0.2) is 0 Å². The van der Waals surface area contributed by atoms with Crippen molar-refractivity contribution in [2.24, 2.45) is 0 Å². The molecule has 1 heterocycles. The SMILES string of the molecule is CCCCCCCCCCCc1nc2ccc([N+](=O)[O-])cc2[nH]1. The lowest BCUT2D eigenvalue weighted by atomic mass is 10.1. The predicted molar refractivity (Wildman–Crippen MR) is 93.7 cm³/mol. The highest BCUT2D eigenvalue weighted by atomic mass is 16.6. The Balaban J connectivity index is 1.68. The van der Waals surface area contributed by atoms with Gasteiger partial charge in [0.05, 0.1) is 16.0 Å². The fourth-order valence-corrected chi connectivity index (χ4v) is 2.89. The number of aryl methyl sites for hydroxylation is 1. The standard InChI is InChI=1S/C18H27N3O2/c1-2-3-4-5-6-7-8-9-10-11-18-19-16-13-12-15(21(22)23)14-17(16)20-18/h12-14H,2-11H2,1H3,(H,19,20). The second-order valence-electron chi connectivity index (χ2n) is 6.22. The van der Waals surface area contributed by atoms with Crippen molar-refractivity contribution in [2.45, 2.75) is 71.1 Å². The van der Waals surface area contributed by atoms with Crippen LogP contribution in [-0.2, 0) is 6.42 Å². The zero-order valence-electron chi connectivity index (χ0n) is 14.0. The van der Waals surface area contributed by atoms with E-state index in [2.05, 4.69) is 16.9 Å². The lowest BCUT2D eigenvalue weighted by molar-refractivity contribution is -0.384. The third-order valence-electron chi connectivity index (χ3n) is 4.24. The van der Waals surface area contributed by atoms with E-state index in [1.807, 2.05) is 0 Å². The number of nitro benzene ring substituents is 1. The number of fused-ring (bicyclic) bond motifs is 1. The Morgan fingerprint density at radius 2 is 1.70 bits per heavy atom. The molecule has 2 aromatic rings. The molecule has 0 spiro atoms. The van der Waals surface area contributed by atoms with Gasteiger partial charge in [-0.25, -0.2) is 4.98 Å². The van der Waals surface area contributed by atoms with Gasteiger partial charge in [-0.05, 0) is 12.5 Å². The Morgan fingerprint density at radius 1 is 1.04 bits per heavy atom. The van der Waals surface area contributed by atoms with Crippen LogP contribution in [0.3, 0.4) is 0 Å². The van der Waals surface area contributed by atoms with Crippen LogP contribution in [0.1, 0.15) is 70.5 Å². The summed E-state index contributed by atoms with van der Waals surface area (Å²) >= 11 is 0. The van der Waals surface area contributed by atoms with E-state index in [9.17, 15) is 10.1 Å². The molecule has 0 unspecified atom stereocenters. The number of imidazole rings is 1. The number of hydrogen-bond acceptors (Lipinski definition) is 3. The summed E-state index contributed by atoms with van der Waals surface area (Å²) in [6, 6.07) is 4.78. The molecule has 126 valence electrons. The number of non-ortho nitro benzene ring substituents is 1. The Bertz CT molecular complexity index is 622. The molecular formula is C18H27N3O2. The van der Waals surface area contributed by atoms with Crippen LogP contribution in [-0.4, -0.2) is 14.9 Å². The second kappa shape index (κ2) is 9.28. The zero-order chi connectivity index (χ0) is 16.5. The van der Waals surface area contributed by atoms with Gasteiger partial charge in [0.2, 0.25) is 0 Å². The zero-order valence-corrected chi connectivity index (χ0v) is 14.0. The molecule has 23 heavy (non-hydrogen) atoms. The number of benzene rings is 1. The molecular weight excluding hydrogens is 290 g/mol. The molecule has 0 saturated carbocycles. The molecule has 0 saturated heterocycles. The van der Waals surface area contributed by atoms with E-state index in [-0.39, 0.29) is 10.6 Å². The Labute approximate surface area is 137 Å². The molecule has 1 aromatic carbocycles. The highest BCUT2D eigenvalue weighted by molar-refractivity contribution is 5.77. The van der Waals surface area contributed by atoms with Crippen LogP contribution >= 0.6 is 0 Å². The van der Waals surface area contributed by atoms with Gasteiger partial charge in [-0.3, -0.25) is 10.1 Å². The second-order valence-corrected chi connectivity index (χ2v) is 6.22. The monoisotopic (exact) mass is 317 g/mol. The maximum atomic E-state index is 10.8. The van der Waals surface area contributed by atoms with Crippen LogP contribution in [0.4, 0.5) is 5.69 Å². The van der Waals surface area contributed by atoms with E-state index in [1.165, 1.54) is 57.4 Å². The van der Waals surface area contributed by atoms with Crippen molar-refractivity contribution < 1.29 is 4.92 Å². The van der Waals surface area contributed by atoms with Gasteiger partial charge in [-0.15, -0.1) is 0 Å². The fourth-order valence-electron chi connectivity index (χ4n) is 2.89. The smallest absolute Gasteiger partial charge is 0.271 e. The number of hydrogen-bond donors (Lipinski definition) is 1. The van der Waals surface area contributed by atoms with Crippen LogP contribution in [0.25, 0.3) is 11.0 Å². The first-order valence-electron chi connectivity index (χ1n) is 8.83. The Kier molecular flexibility index (Phi) is 7.04. The van der Waals surface area contributed by atoms with Gasteiger partial charge in [-0.2, -0.15) is 0 Å². The summed E-state index contributed by atoms with van der Waals surface area (Å²) in [4.78, 5) is 18.1. The number of nitrogens with zero attached hydrogens (tertiary/aromatic N) is 2. The van der Waals surface area contributed by atoms with Crippen molar-refractivity contribution in [3.63, 3.8) is 0 Å². The number of nitro groups is 1. The van der Waals surface area contributed by atoms with Crippen molar-refractivity contribution in [2.75, 3.05) is 0 Å². The summed E-state index contributed by atoms with van der Waals surface area (Å²) in [6.45, 7) is 2.25. The molecule has 1 N–H and O–H groups in total. The average molecular weight is 317 g/mol. The normalized spacial score (nSPS) is 11.2. The number of H-pyrrole nitrogens is 1. The molecule has 0 aliphatic rings. The Hall–Kier alpha value is -1.91. The quantitative estimate of drug-likeness (QED) is 0.336. The van der Waals surface area contributed by atoms with Crippen LogP contribution in [0.5, 0.6) is 0 Å². The van der Waals surface area contributed by atoms with E-state index >= 15 is 0 Å². The molecule has 0 aliphatic heterocycles. The van der Waals surface area contributed by atoms with Crippen molar-refractivity contribution in [3.8, 4) is 0 Å². The van der Waals surface area contributed by atoms with Crippen LogP contribution in [0, 0.1) is 10.1 Å². The van der Waals surface area contributed by atoms with Gasteiger partial charge in [-0.1, -0.05) is 58.3 Å². The Morgan fingerprint density at radius 3 is 2.35 bits per heavy atom. The third-order valence-corrected chi connectivity index (χ3v) is 4.24. The number of nitrogens with one attached hydrogen (secondary N) is 1. The summed E-state index contributed by atoms with van der Waals surface area (Å²) in [6.07, 6.45) is 12.7. The van der Waals surface area contributed by atoms with Crippen LogP contribution < -0.4 is 0 Å². The lowest BCUT2D eigenvalue weighted by Crippen LogP contribution is -1.89. The summed E-state index contributed by atoms with van der Waals surface area (Å²) in [7, 11) is 0. The van der Waals surface area contributed by atoms with E-state index in [1.54, 1.807) is 12.1 Å². The number of unbranched alkanes of at least 4 members (excludes halogenated alkanes) is 8. The fraction of sp³-hybridized carbons (Fsp3) is 0.611. The van der Waals surface area contributed by atoms with Gasteiger partial charge >= 0.3 is 0 Å². The van der Waals surface area contributed by atoms with Gasteiger partial charge in [0, 0.05) is 18.6 Å². The van der Waals surface area contributed by atoms with Gasteiger partial charge < -0.3 is 4.98 Å². The first-order valence-corrected chi connectivity index (χ1v) is 8.83. The number of rotatable bonds is 11. The van der Waals surface area contributed by atoms with Crippen LogP contribution in [0.15, 0.2) is 18.2 Å². The van der Waals surface area contributed by atoms with E-state index in [0.717, 1.165) is 29.7 Å². The van der Waals surface area contributed by atoms with Crippen molar-refractivity contribution in [3.05, 3.63) is 34.1 Å². The highest BCUT2D eigenvalue weighted by Crippen LogP contribution is 2.19. The number of aromatic nitrogens is 2. The maximum Gasteiger partial charge on any atom is 0.271 e. The summed E-state index contributed by atoms with van der Waals surface area (Å²) in [5, 5.41) is 10.8. The van der Waals surface area contributed by atoms with Gasteiger partial charge in [0.1, 0.15) is 5.82 Å². The molecule has 0 radical (unpaired) electrons. The first kappa shape index (κ1) is 17.4. The maximum absolute atomic E-state index is 10.8. The van der Waals surface area contributed by atoms with E-state index < -0.39 is 0 Å². The molecule has 0 atom stereocenters. The molecule has 2 rings (SSSR count). The van der Waals surface area contributed by atoms with Gasteiger partial charge in [0.25, 0.3) is 5.69 Å². The molecule has 0 amide bonds. The molecule has 5 heteroatoms. The van der Waals surface area contributed by atoms with Crippen molar-refractivity contribution in [1.29, 1.82) is 0 Å². The summed E-state index contributed by atoms with van der Waals surface area (Å²) < 4.78 is 0. The van der Waals surface area contributed by atoms with E-state index in [4.69, 9.17) is 0 Å². The van der Waals surface area contributed by atoms with Crippen molar-refractivity contribution >= 4 is 16.7 Å². The molecule has 5 nitrogen and oxygen atoms in total. The summed E-state index contributed by atoms with van der Waals surface area (Å²) in [5.41, 5.74) is 1.67. The largest absolute Gasteiger partial charge is 0.342 e. The molecule has 0 bridgehead atoms. The molecule has 1 aromatic heterocycles. The first-order chi connectivity index (χ1) is 11.2. The minimum Gasteiger partial charge on any atom is -0.342 e. The highest BCUT2D eigenvalue weighted by Gasteiger charge is 2.09. The minimum atomic E-state index is -0.375. The van der Waals surface area contributed by atoms with Crippen LogP contribution in [0.2, 0.25) is 0 Å². The van der Waals surface area contributed by atoms with Crippen molar-refractivity contribution in [1.82, 2.24) is 9.97 Å².